The second kappa shape index (κ2) is 4.46. The van der Waals surface area contributed by atoms with E-state index in [-0.39, 0.29) is 5.79 Å². The van der Waals surface area contributed by atoms with Crippen molar-refractivity contribution in [1.29, 1.82) is 0 Å². The van der Waals surface area contributed by atoms with Crippen LogP contribution in [0.15, 0.2) is 0 Å². The van der Waals surface area contributed by atoms with Crippen LogP contribution < -0.4 is 0 Å². The van der Waals surface area contributed by atoms with Crippen LogP contribution in [0.25, 0.3) is 0 Å². The average molecular weight is 278 g/mol. The molecule has 2 heteroatoms. The van der Waals surface area contributed by atoms with Crippen LogP contribution >= 0.6 is 0 Å². The number of ether oxygens (including phenoxy) is 2. The quantitative estimate of drug-likeness (QED) is 0.654. The minimum absolute atomic E-state index is 0.229. The van der Waals surface area contributed by atoms with E-state index in [9.17, 15) is 0 Å². The van der Waals surface area contributed by atoms with Gasteiger partial charge in [0.15, 0.2) is 5.79 Å². The summed E-state index contributed by atoms with van der Waals surface area (Å²) in [5.74, 6) is 2.70. The molecule has 1 spiro atoms. The predicted octanol–water partition coefficient (Wildman–Crippen LogP) is 4.38. The Morgan fingerprint density at radius 1 is 1.05 bits per heavy atom. The van der Waals surface area contributed by atoms with Crippen molar-refractivity contribution in [3.63, 3.8) is 0 Å². The third-order valence-electron chi connectivity index (χ3n) is 7.31. The Morgan fingerprint density at radius 2 is 1.90 bits per heavy atom. The molecule has 2 saturated carbocycles. The Labute approximate surface area is 123 Å². The van der Waals surface area contributed by atoms with Gasteiger partial charge in [-0.25, -0.2) is 0 Å². The van der Waals surface area contributed by atoms with Gasteiger partial charge in [-0.05, 0) is 48.9 Å². The highest BCUT2D eigenvalue weighted by Gasteiger charge is 2.65. The number of hydrogen-bond donors (Lipinski definition) is 0. The maximum atomic E-state index is 6.61. The van der Waals surface area contributed by atoms with Crippen molar-refractivity contribution in [3.05, 3.63) is 0 Å². The van der Waals surface area contributed by atoms with E-state index in [4.69, 9.17) is 9.47 Å². The molecular weight excluding hydrogens is 248 g/mol. The third-order valence-corrected chi connectivity index (χ3v) is 7.31. The number of rotatable bonds is 0. The molecule has 20 heavy (non-hydrogen) atoms. The van der Waals surface area contributed by atoms with Gasteiger partial charge in [-0.3, -0.25) is 0 Å². The van der Waals surface area contributed by atoms with Crippen LogP contribution in [0.1, 0.15) is 65.7 Å². The third kappa shape index (κ3) is 1.70. The Morgan fingerprint density at radius 3 is 2.65 bits per heavy atom. The van der Waals surface area contributed by atoms with E-state index < -0.39 is 0 Å². The van der Waals surface area contributed by atoms with Gasteiger partial charge in [-0.2, -0.15) is 0 Å². The maximum absolute atomic E-state index is 6.61. The molecular formula is C18H30O2. The van der Waals surface area contributed by atoms with Crippen molar-refractivity contribution in [1.82, 2.24) is 0 Å². The molecule has 114 valence electrons. The lowest BCUT2D eigenvalue weighted by molar-refractivity contribution is -0.271. The fourth-order valence-electron chi connectivity index (χ4n) is 6.10. The van der Waals surface area contributed by atoms with Crippen molar-refractivity contribution >= 4 is 0 Å². The van der Waals surface area contributed by atoms with Gasteiger partial charge in [0.25, 0.3) is 0 Å². The summed E-state index contributed by atoms with van der Waals surface area (Å²) in [5, 5.41) is 0. The van der Waals surface area contributed by atoms with Gasteiger partial charge in [-0.1, -0.05) is 33.6 Å². The molecule has 4 fully saturated rings. The molecule has 0 unspecified atom stereocenters. The Kier molecular flexibility index (Phi) is 3.03. The smallest absolute Gasteiger partial charge is 0.171 e. The molecule has 0 amide bonds. The largest absolute Gasteiger partial charge is 0.349 e. The molecule has 0 aromatic carbocycles. The predicted molar refractivity (Wildman–Crippen MR) is 79.3 cm³/mol. The summed E-state index contributed by atoms with van der Waals surface area (Å²) >= 11 is 0. The lowest BCUT2D eigenvalue weighted by Crippen LogP contribution is -2.46. The number of fused-ring (bicyclic) bond motifs is 3. The van der Waals surface area contributed by atoms with Crippen LogP contribution in [0.3, 0.4) is 0 Å². The lowest BCUT2D eigenvalue weighted by Gasteiger charge is -2.45. The van der Waals surface area contributed by atoms with Crippen molar-refractivity contribution in [2.75, 3.05) is 6.61 Å². The first kappa shape index (κ1) is 13.6. The maximum Gasteiger partial charge on any atom is 0.171 e. The van der Waals surface area contributed by atoms with E-state index in [0.717, 1.165) is 24.9 Å². The zero-order chi connectivity index (χ0) is 14.0. The summed E-state index contributed by atoms with van der Waals surface area (Å²) in [6.45, 7) is 8.17. The second-order valence-corrected chi connectivity index (χ2v) is 8.42. The van der Waals surface area contributed by atoms with E-state index >= 15 is 0 Å². The molecule has 4 rings (SSSR count). The highest BCUT2D eigenvalue weighted by atomic mass is 16.7. The number of hydrogen-bond acceptors (Lipinski definition) is 2. The molecule has 2 aliphatic carbocycles. The summed E-state index contributed by atoms with van der Waals surface area (Å²) in [6.07, 6.45) is 9.87. The van der Waals surface area contributed by atoms with Crippen molar-refractivity contribution in [2.45, 2.75) is 77.6 Å². The normalized spacial score (nSPS) is 58.6. The molecule has 2 saturated heterocycles. The zero-order valence-corrected chi connectivity index (χ0v) is 13.4. The van der Waals surface area contributed by atoms with E-state index in [0.29, 0.717) is 23.4 Å². The molecule has 0 bridgehead atoms. The fraction of sp³-hybridized carbons (Fsp3) is 1.00. The standard InChI is InChI=1S/C18H30O2/c1-12-7-9-18(19-11-12)13(2)16-15(20-18)10-14-6-4-5-8-17(14,16)3/h12-16H,4-11H2,1-3H3/t12-,13+,14-,15+,16+,17+,18-/m1/s1. The summed E-state index contributed by atoms with van der Waals surface area (Å²) in [4.78, 5) is 0. The first-order valence-electron chi connectivity index (χ1n) is 8.87. The molecule has 0 aromatic heterocycles. The molecule has 0 radical (unpaired) electrons. The van der Waals surface area contributed by atoms with Gasteiger partial charge in [0.2, 0.25) is 0 Å². The molecule has 0 N–H and O–H groups in total. The summed E-state index contributed by atoms with van der Waals surface area (Å²) in [5.41, 5.74) is 0.526. The monoisotopic (exact) mass is 278 g/mol. The van der Waals surface area contributed by atoms with Crippen LogP contribution in [0, 0.1) is 29.1 Å². The Bertz CT molecular complexity index is 385. The van der Waals surface area contributed by atoms with Crippen LogP contribution in [0.2, 0.25) is 0 Å². The van der Waals surface area contributed by atoms with Crippen LogP contribution in [-0.4, -0.2) is 18.5 Å². The van der Waals surface area contributed by atoms with Crippen LogP contribution in [0.4, 0.5) is 0 Å². The van der Waals surface area contributed by atoms with E-state index in [2.05, 4.69) is 20.8 Å². The van der Waals surface area contributed by atoms with E-state index in [1.165, 1.54) is 38.5 Å². The van der Waals surface area contributed by atoms with Gasteiger partial charge in [0, 0.05) is 12.3 Å². The molecule has 7 atom stereocenters. The molecule has 4 aliphatic rings. The lowest BCUT2D eigenvalue weighted by atomic mass is 9.61. The van der Waals surface area contributed by atoms with Gasteiger partial charge in [0.05, 0.1) is 12.7 Å². The molecule has 2 aliphatic heterocycles. The molecule has 0 aromatic rings. The second-order valence-electron chi connectivity index (χ2n) is 8.42. The van der Waals surface area contributed by atoms with E-state index in [1.54, 1.807) is 0 Å². The van der Waals surface area contributed by atoms with Gasteiger partial charge in [-0.15, -0.1) is 0 Å². The van der Waals surface area contributed by atoms with Crippen LogP contribution in [-0.2, 0) is 9.47 Å². The minimum Gasteiger partial charge on any atom is -0.349 e. The molecule has 2 heterocycles. The first-order valence-corrected chi connectivity index (χ1v) is 8.87. The highest BCUT2D eigenvalue weighted by Crippen LogP contribution is 2.64. The summed E-state index contributed by atoms with van der Waals surface area (Å²) in [6, 6.07) is 0. The van der Waals surface area contributed by atoms with Gasteiger partial charge in [0.1, 0.15) is 0 Å². The van der Waals surface area contributed by atoms with Crippen molar-refractivity contribution in [2.24, 2.45) is 29.1 Å². The van der Waals surface area contributed by atoms with Crippen LogP contribution in [0.5, 0.6) is 0 Å². The Hall–Kier alpha value is -0.0800. The molecule has 2 nitrogen and oxygen atoms in total. The van der Waals surface area contributed by atoms with E-state index in [1.807, 2.05) is 0 Å². The highest BCUT2D eigenvalue weighted by molar-refractivity contribution is 5.10. The van der Waals surface area contributed by atoms with Gasteiger partial charge >= 0.3 is 0 Å². The summed E-state index contributed by atoms with van der Waals surface area (Å²) in [7, 11) is 0. The summed E-state index contributed by atoms with van der Waals surface area (Å²) < 4.78 is 12.9. The fourth-order valence-corrected chi connectivity index (χ4v) is 6.10. The van der Waals surface area contributed by atoms with Gasteiger partial charge < -0.3 is 9.47 Å². The van der Waals surface area contributed by atoms with Crippen molar-refractivity contribution < 1.29 is 9.47 Å². The topological polar surface area (TPSA) is 18.5 Å². The Balaban J connectivity index is 1.60. The zero-order valence-electron chi connectivity index (χ0n) is 13.4. The first-order chi connectivity index (χ1) is 9.55. The minimum atomic E-state index is -0.229. The average Bonchev–Trinajstić information content (AvgIpc) is 2.86. The SMILES string of the molecule is C[C@@H]1CC[C@@]2(OC1)O[C@H]1C[C@H]3CCCC[C@]3(C)[C@H]1[C@@H]2C. The van der Waals surface area contributed by atoms with Crippen molar-refractivity contribution in [3.8, 4) is 0 Å².